The molecule has 3 nitrogen and oxygen atoms in total. The van der Waals surface area contributed by atoms with Crippen LogP contribution in [-0.2, 0) is 12.8 Å². The van der Waals surface area contributed by atoms with Crippen LogP contribution in [0.4, 0.5) is 13.9 Å². The molecule has 0 unspecified atom stereocenters. The molecular formula is C15H14F2N2OS. The normalized spacial score (nSPS) is 17.4. The van der Waals surface area contributed by atoms with Gasteiger partial charge in [-0.15, -0.1) is 11.3 Å². The highest BCUT2D eigenvalue weighted by atomic mass is 32.1. The van der Waals surface area contributed by atoms with Crippen molar-refractivity contribution >= 4 is 22.4 Å². The van der Waals surface area contributed by atoms with E-state index in [2.05, 4.69) is 17.2 Å². The lowest BCUT2D eigenvalue weighted by Crippen LogP contribution is -2.12. The Bertz CT molecular complexity index is 679. The van der Waals surface area contributed by atoms with E-state index in [-0.39, 0.29) is 5.56 Å². The highest BCUT2D eigenvalue weighted by Crippen LogP contribution is 2.32. The fourth-order valence-corrected chi connectivity index (χ4v) is 3.61. The van der Waals surface area contributed by atoms with Crippen LogP contribution in [0, 0.1) is 17.6 Å². The fraction of sp³-hybridized carbons (Fsp3) is 0.333. The number of hydrogen-bond acceptors (Lipinski definition) is 3. The molecule has 1 aliphatic carbocycles. The zero-order valence-corrected chi connectivity index (χ0v) is 12.3. The minimum atomic E-state index is -0.771. The molecule has 0 saturated carbocycles. The zero-order chi connectivity index (χ0) is 15.0. The summed E-state index contributed by atoms with van der Waals surface area (Å²) < 4.78 is 26.2. The highest BCUT2D eigenvalue weighted by molar-refractivity contribution is 7.15. The van der Waals surface area contributed by atoms with E-state index in [1.165, 1.54) is 16.2 Å². The first kappa shape index (κ1) is 14.1. The molecule has 1 aliphatic rings. The number of anilines is 1. The Balaban J connectivity index is 1.79. The maximum absolute atomic E-state index is 13.1. The lowest BCUT2D eigenvalue weighted by Gasteiger charge is -2.15. The summed E-state index contributed by atoms with van der Waals surface area (Å²) in [4.78, 5) is 17.6. The van der Waals surface area contributed by atoms with Gasteiger partial charge in [-0.3, -0.25) is 10.1 Å². The smallest absolute Gasteiger partial charge is 0.257 e. The Kier molecular flexibility index (Phi) is 3.71. The number of halogens is 2. The molecule has 0 bridgehead atoms. The van der Waals surface area contributed by atoms with E-state index < -0.39 is 17.5 Å². The second-order valence-electron chi connectivity index (χ2n) is 5.35. The third kappa shape index (κ3) is 3.10. The molecule has 0 saturated heterocycles. The number of aromatic nitrogens is 1. The van der Waals surface area contributed by atoms with Crippen molar-refractivity contribution in [3.8, 4) is 0 Å². The standard InChI is InChI=1S/C15H14F2N2OS/c1-8-2-3-12-13(4-8)21-15(18-12)19-14(20)9-5-10(16)7-11(17)6-9/h5-8H,2-4H2,1H3,(H,18,19,20)/t8-/m0/s1. The number of carbonyl (C=O) groups is 1. The average molecular weight is 308 g/mol. The van der Waals surface area contributed by atoms with Gasteiger partial charge in [-0.05, 0) is 37.3 Å². The molecule has 0 radical (unpaired) electrons. The van der Waals surface area contributed by atoms with Crippen LogP contribution in [-0.4, -0.2) is 10.9 Å². The van der Waals surface area contributed by atoms with Gasteiger partial charge in [0.15, 0.2) is 5.13 Å². The summed E-state index contributed by atoms with van der Waals surface area (Å²) in [5.41, 5.74) is 0.980. The number of hydrogen-bond donors (Lipinski definition) is 1. The summed E-state index contributed by atoms with van der Waals surface area (Å²) >= 11 is 1.44. The van der Waals surface area contributed by atoms with E-state index in [9.17, 15) is 13.6 Å². The summed E-state index contributed by atoms with van der Waals surface area (Å²) in [5, 5.41) is 3.11. The topological polar surface area (TPSA) is 42.0 Å². The quantitative estimate of drug-likeness (QED) is 0.917. The van der Waals surface area contributed by atoms with Gasteiger partial charge in [0.2, 0.25) is 0 Å². The number of thiazole rings is 1. The van der Waals surface area contributed by atoms with Crippen molar-refractivity contribution in [2.75, 3.05) is 5.32 Å². The van der Waals surface area contributed by atoms with Crippen LogP contribution in [0.25, 0.3) is 0 Å². The first-order valence-corrected chi connectivity index (χ1v) is 7.59. The number of nitrogens with zero attached hydrogens (tertiary/aromatic N) is 1. The van der Waals surface area contributed by atoms with E-state index in [0.717, 1.165) is 43.2 Å². The maximum atomic E-state index is 13.1. The van der Waals surface area contributed by atoms with Gasteiger partial charge in [-0.2, -0.15) is 0 Å². The van der Waals surface area contributed by atoms with Crippen molar-refractivity contribution in [1.29, 1.82) is 0 Å². The maximum Gasteiger partial charge on any atom is 0.257 e. The number of rotatable bonds is 2. The Morgan fingerprint density at radius 1 is 1.33 bits per heavy atom. The predicted molar refractivity (Wildman–Crippen MR) is 77.6 cm³/mol. The van der Waals surface area contributed by atoms with Crippen molar-refractivity contribution < 1.29 is 13.6 Å². The van der Waals surface area contributed by atoms with Gasteiger partial charge in [-0.25, -0.2) is 13.8 Å². The van der Waals surface area contributed by atoms with Crippen LogP contribution < -0.4 is 5.32 Å². The van der Waals surface area contributed by atoms with Crippen LogP contribution in [0.3, 0.4) is 0 Å². The molecule has 1 N–H and O–H groups in total. The molecule has 110 valence electrons. The molecular weight excluding hydrogens is 294 g/mol. The van der Waals surface area contributed by atoms with E-state index in [0.29, 0.717) is 11.0 Å². The minimum absolute atomic E-state index is 0.0472. The van der Waals surface area contributed by atoms with E-state index in [4.69, 9.17) is 0 Å². The number of benzene rings is 1. The van der Waals surface area contributed by atoms with E-state index in [1.54, 1.807) is 0 Å². The molecule has 0 fully saturated rings. The van der Waals surface area contributed by atoms with Gasteiger partial charge < -0.3 is 0 Å². The van der Waals surface area contributed by atoms with Crippen molar-refractivity contribution in [1.82, 2.24) is 4.98 Å². The second-order valence-corrected chi connectivity index (χ2v) is 6.43. The first-order chi connectivity index (χ1) is 10.0. The first-order valence-electron chi connectivity index (χ1n) is 6.77. The monoisotopic (exact) mass is 308 g/mol. The van der Waals surface area contributed by atoms with Crippen LogP contribution >= 0.6 is 11.3 Å². The molecule has 1 aromatic carbocycles. The van der Waals surface area contributed by atoms with Crippen molar-refractivity contribution in [2.45, 2.75) is 26.2 Å². The summed E-state index contributed by atoms with van der Waals surface area (Å²) in [6, 6.07) is 2.75. The molecule has 1 amide bonds. The number of amides is 1. The summed E-state index contributed by atoms with van der Waals surface area (Å²) in [7, 11) is 0. The third-order valence-corrected chi connectivity index (χ3v) is 4.57. The zero-order valence-electron chi connectivity index (χ0n) is 11.5. The number of fused-ring (bicyclic) bond motifs is 1. The molecule has 6 heteroatoms. The van der Waals surface area contributed by atoms with Crippen molar-refractivity contribution in [3.05, 3.63) is 46.0 Å². The SMILES string of the molecule is C[C@H]1CCc2nc(NC(=O)c3cc(F)cc(F)c3)sc2C1. The lowest BCUT2D eigenvalue weighted by molar-refractivity contribution is 0.102. The van der Waals surface area contributed by atoms with Crippen molar-refractivity contribution in [3.63, 3.8) is 0 Å². The van der Waals surface area contributed by atoms with Gasteiger partial charge in [0.25, 0.3) is 5.91 Å². The third-order valence-electron chi connectivity index (χ3n) is 3.53. The molecule has 3 rings (SSSR count). The highest BCUT2D eigenvalue weighted by Gasteiger charge is 2.20. The van der Waals surface area contributed by atoms with Gasteiger partial charge in [0.05, 0.1) is 5.69 Å². The Hall–Kier alpha value is -1.82. The van der Waals surface area contributed by atoms with Crippen LogP contribution in [0.1, 0.15) is 34.3 Å². The average Bonchev–Trinajstić information content (AvgIpc) is 2.78. The van der Waals surface area contributed by atoms with Crippen LogP contribution in [0.5, 0.6) is 0 Å². The molecule has 1 atom stereocenters. The van der Waals surface area contributed by atoms with Crippen LogP contribution in [0.15, 0.2) is 18.2 Å². The second kappa shape index (κ2) is 5.52. The largest absolute Gasteiger partial charge is 0.298 e. The van der Waals surface area contributed by atoms with Gasteiger partial charge in [-0.1, -0.05) is 6.92 Å². The minimum Gasteiger partial charge on any atom is -0.298 e. The fourth-order valence-electron chi connectivity index (χ4n) is 2.45. The van der Waals surface area contributed by atoms with Gasteiger partial charge in [0.1, 0.15) is 11.6 Å². The summed E-state index contributed by atoms with van der Waals surface area (Å²) in [6.07, 6.45) is 2.98. The lowest BCUT2D eigenvalue weighted by atomic mass is 9.93. The van der Waals surface area contributed by atoms with Gasteiger partial charge >= 0.3 is 0 Å². The van der Waals surface area contributed by atoms with E-state index >= 15 is 0 Å². The number of aryl methyl sites for hydroxylation is 1. The Labute approximate surface area is 125 Å². The Morgan fingerprint density at radius 3 is 2.76 bits per heavy atom. The molecule has 1 aromatic heterocycles. The van der Waals surface area contributed by atoms with Crippen molar-refractivity contribution in [2.24, 2.45) is 5.92 Å². The number of carbonyl (C=O) groups excluding carboxylic acids is 1. The molecule has 2 aromatic rings. The van der Waals surface area contributed by atoms with E-state index in [1.807, 2.05) is 0 Å². The molecule has 0 aliphatic heterocycles. The van der Waals surface area contributed by atoms with Crippen LogP contribution in [0.2, 0.25) is 0 Å². The van der Waals surface area contributed by atoms with Gasteiger partial charge in [0, 0.05) is 16.5 Å². The molecule has 0 spiro atoms. The molecule has 21 heavy (non-hydrogen) atoms. The summed E-state index contributed by atoms with van der Waals surface area (Å²) in [6.45, 7) is 2.19. The Morgan fingerprint density at radius 2 is 2.05 bits per heavy atom. The number of nitrogens with one attached hydrogen (secondary N) is 1. The molecule has 1 heterocycles. The predicted octanol–water partition coefficient (Wildman–Crippen LogP) is 3.80. The summed E-state index contributed by atoms with van der Waals surface area (Å²) in [5.74, 6) is -1.47.